The van der Waals surface area contributed by atoms with Crippen LogP contribution in [0.1, 0.15) is 6.92 Å². The molecule has 0 aromatic rings. The average Bonchev–Trinajstić information content (AvgIpc) is 1.97. The van der Waals surface area contributed by atoms with Gasteiger partial charge < -0.3 is 25.2 Å². The molecule has 1 rings (SSSR count). The maximum absolute atomic E-state index is 9.05. The van der Waals surface area contributed by atoms with Crippen LogP contribution in [0.4, 0.5) is 0 Å². The van der Waals surface area contributed by atoms with Gasteiger partial charge in [0.25, 0.3) is 0 Å². The van der Waals surface area contributed by atoms with Gasteiger partial charge in [-0.2, -0.15) is 0 Å². The Kier molecular flexibility index (Phi) is 1.92. The van der Waals surface area contributed by atoms with Crippen LogP contribution in [-0.2, 0) is 4.74 Å². The van der Waals surface area contributed by atoms with Crippen molar-refractivity contribution < 1.29 is 25.2 Å². The van der Waals surface area contributed by atoms with E-state index < -0.39 is 30.0 Å². The Morgan fingerprint density at radius 2 is 1.82 bits per heavy atom. The Balaban J connectivity index is 2.86. The second-order valence-electron chi connectivity index (χ2n) is 2.45. The molecule has 11 heavy (non-hydrogen) atoms. The van der Waals surface area contributed by atoms with Crippen LogP contribution >= 0.6 is 0 Å². The van der Waals surface area contributed by atoms with Gasteiger partial charge in [0.2, 0.25) is 5.76 Å². The second-order valence-corrected chi connectivity index (χ2v) is 2.45. The van der Waals surface area contributed by atoms with Gasteiger partial charge in [-0.15, -0.1) is 0 Å². The first-order valence-corrected chi connectivity index (χ1v) is 3.19. The van der Waals surface area contributed by atoms with Crippen LogP contribution in [0.2, 0.25) is 0 Å². The molecule has 0 spiro atoms. The van der Waals surface area contributed by atoms with E-state index in [2.05, 4.69) is 4.74 Å². The van der Waals surface area contributed by atoms with Crippen molar-refractivity contribution in [3.05, 3.63) is 11.7 Å². The van der Waals surface area contributed by atoms with Gasteiger partial charge in [-0.25, -0.2) is 0 Å². The quantitative estimate of drug-likeness (QED) is 0.382. The van der Waals surface area contributed by atoms with Crippen LogP contribution < -0.4 is 0 Å². The molecule has 0 aromatic carbocycles. The highest BCUT2D eigenvalue weighted by atomic mass is 16.6. The number of ether oxygens (including phenoxy) is 1. The van der Waals surface area contributed by atoms with Crippen molar-refractivity contribution in [3.8, 4) is 0 Å². The fraction of sp³-hybridized carbons (Fsp3) is 0.667. The summed E-state index contributed by atoms with van der Waals surface area (Å²) in [6.45, 7) is 1.47. The lowest BCUT2D eigenvalue weighted by molar-refractivity contribution is -0.118. The molecule has 0 saturated heterocycles. The monoisotopic (exact) mass is 162 g/mol. The average molecular weight is 162 g/mol. The van der Waals surface area contributed by atoms with E-state index in [1.807, 2.05) is 0 Å². The molecule has 0 bridgehead atoms. The van der Waals surface area contributed by atoms with Gasteiger partial charge in [-0.05, 0) is 6.92 Å². The van der Waals surface area contributed by atoms with E-state index in [0.29, 0.717) is 0 Å². The van der Waals surface area contributed by atoms with Gasteiger partial charge in [-0.1, -0.05) is 0 Å². The molecule has 0 unspecified atom stereocenters. The molecule has 0 radical (unpaired) electrons. The first kappa shape index (κ1) is 8.16. The molecule has 1 heterocycles. The molecule has 0 aliphatic carbocycles. The summed E-state index contributed by atoms with van der Waals surface area (Å²) in [4.78, 5) is 0. The van der Waals surface area contributed by atoms with Gasteiger partial charge in [-0.3, -0.25) is 0 Å². The van der Waals surface area contributed by atoms with Crippen molar-refractivity contribution in [2.75, 3.05) is 0 Å². The zero-order chi connectivity index (χ0) is 8.59. The Morgan fingerprint density at radius 3 is 2.36 bits per heavy atom. The lowest BCUT2D eigenvalue weighted by atomic mass is 10.1. The number of rotatable bonds is 0. The first-order chi connectivity index (χ1) is 5.04. The molecule has 0 aromatic heterocycles. The maximum Gasteiger partial charge on any atom is 0.319 e. The molecular weight excluding hydrogens is 152 g/mol. The normalized spacial score (nSPS) is 38.6. The van der Waals surface area contributed by atoms with Crippen molar-refractivity contribution in [1.82, 2.24) is 0 Å². The first-order valence-electron chi connectivity index (χ1n) is 3.19. The van der Waals surface area contributed by atoms with Crippen molar-refractivity contribution in [2.24, 2.45) is 0 Å². The van der Waals surface area contributed by atoms with Crippen LogP contribution in [0.5, 0.6) is 0 Å². The molecule has 0 saturated carbocycles. The van der Waals surface area contributed by atoms with E-state index in [0.717, 1.165) is 0 Å². The van der Waals surface area contributed by atoms with Gasteiger partial charge in [0.15, 0.2) is 0 Å². The highest BCUT2D eigenvalue weighted by molar-refractivity contribution is 5.06. The predicted molar refractivity (Wildman–Crippen MR) is 34.8 cm³/mol. The van der Waals surface area contributed by atoms with E-state index >= 15 is 0 Å². The summed E-state index contributed by atoms with van der Waals surface area (Å²) in [5.74, 6) is -1.45. The van der Waals surface area contributed by atoms with E-state index in [9.17, 15) is 0 Å². The molecular formula is C6H10O5. The number of hydrogen-bond donors (Lipinski definition) is 4. The summed E-state index contributed by atoms with van der Waals surface area (Å²) in [5.41, 5.74) is 0. The second kappa shape index (κ2) is 2.60. The highest BCUT2D eigenvalue weighted by Crippen LogP contribution is 2.20. The summed E-state index contributed by atoms with van der Waals surface area (Å²) in [5, 5.41) is 35.6. The minimum absolute atomic E-state index is 0.721. The molecule has 5 nitrogen and oxygen atoms in total. The van der Waals surface area contributed by atoms with Crippen molar-refractivity contribution in [1.29, 1.82) is 0 Å². The van der Waals surface area contributed by atoms with Crippen molar-refractivity contribution >= 4 is 0 Å². The summed E-state index contributed by atoms with van der Waals surface area (Å²) < 4.78 is 4.56. The van der Waals surface area contributed by atoms with E-state index in [-0.39, 0.29) is 0 Å². The zero-order valence-corrected chi connectivity index (χ0v) is 5.93. The van der Waals surface area contributed by atoms with Gasteiger partial charge >= 0.3 is 5.95 Å². The summed E-state index contributed by atoms with van der Waals surface area (Å²) in [6.07, 6.45) is -3.38. The van der Waals surface area contributed by atoms with E-state index in [1.54, 1.807) is 0 Å². The Labute approximate surface area is 63.2 Å². The third-order valence-corrected chi connectivity index (χ3v) is 1.60. The highest BCUT2D eigenvalue weighted by Gasteiger charge is 2.35. The molecule has 3 atom stereocenters. The minimum atomic E-state index is -1.46. The Bertz CT molecular complexity index is 187. The topological polar surface area (TPSA) is 90.2 Å². The lowest BCUT2D eigenvalue weighted by Crippen LogP contribution is -2.42. The third-order valence-electron chi connectivity index (χ3n) is 1.60. The molecule has 0 amide bonds. The molecule has 4 N–H and O–H groups in total. The Morgan fingerprint density at radius 1 is 1.27 bits per heavy atom. The Hall–Kier alpha value is -0.940. The van der Waals surface area contributed by atoms with Gasteiger partial charge in [0.05, 0.1) is 0 Å². The number of aliphatic hydroxyl groups excluding tert-OH is 4. The summed E-state index contributed by atoms with van der Waals surface area (Å²) in [6, 6.07) is 0. The van der Waals surface area contributed by atoms with Gasteiger partial charge in [0, 0.05) is 0 Å². The third kappa shape index (κ3) is 1.24. The molecule has 5 heteroatoms. The smallest absolute Gasteiger partial charge is 0.319 e. The van der Waals surface area contributed by atoms with Crippen LogP contribution in [0.15, 0.2) is 11.7 Å². The fourth-order valence-corrected chi connectivity index (χ4v) is 0.851. The maximum atomic E-state index is 9.05. The van der Waals surface area contributed by atoms with Crippen molar-refractivity contribution in [3.63, 3.8) is 0 Å². The van der Waals surface area contributed by atoms with Crippen LogP contribution in [0.3, 0.4) is 0 Å². The predicted octanol–water partition coefficient (Wildman–Crippen LogP) is -0.588. The van der Waals surface area contributed by atoms with E-state index in [1.165, 1.54) is 6.92 Å². The molecule has 1 aliphatic rings. The lowest BCUT2D eigenvalue weighted by Gasteiger charge is -2.28. The molecule has 1 aliphatic heterocycles. The number of aliphatic hydroxyl groups is 4. The zero-order valence-electron chi connectivity index (χ0n) is 5.93. The molecule has 64 valence electrons. The van der Waals surface area contributed by atoms with Crippen LogP contribution in [-0.4, -0.2) is 38.7 Å². The van der Waals surface area contributed by atoms with Crippen LogP contribution in [0.25, 0.3) is 0 Å². The van der Waals surface area contributed by atoms with Crippen molar-refractivity contribution in [2.45, 2.75) is 25.2 Å². The SMILES string of the molecule is C[C@H]1OC(O)=C(O)[C@@H](O)[C@H]1O. The summed E-state index contributed by atoms with van der Waals surface area (Å²) >= 11 is 0. The fourth-order valence-electron chi connectivity index (χ4n) is 0.851. The largest absolute Gasteiger partial charge is 0.504 e. The minimum Gasteiger partial charge on any atom is -0.504 e. The number of hydrogen-bond acceptors (Lipinski definition) is 5. The standard InChI is InChI=1S/C6H10O5/c1-2-3(7)4(8)5(9)6(10)11-2/h2-4,7-10H,1H3/t2-,3+,4+/m1/s1. The van der Waals surface area contributed by atoms with E-state index in [4.69, 9.17) is 20.4 Å². The summed E-state index contributed by atoms with van der Waals surface area (Å²) in [7, 11) is 0. The molecule has 0 fully saturated rings. The van der Waals surface area contributed by atoms with Crippen LogP contribution in [0, 0.1) is 0 Å². The van der Waals surface area contributed by atoms with Gasteiger partial charge in [0.1, 0.15) is 18.3 Å².